The van der Waals surface area contributed by atoms with Crippen LogP contribution < -0.4 is 4.74 Å². The summed E-state index contributed by atoms with van der Waals surface area (Å²) < 4.78 is 43.0. The molecule has 2 aromatic heterocycles. The third-order valence-electron chi connectivity index (χ3n) is 5.18. The number of alkyl halides is 3. The van der Waals surface area contributed by atoms with Gasteiger partial charge in [-0.25, -0.2) is 0 Å². The fraction of sp³-hybridized carbons (Fsp3) is 0.208. The minimum atomic E-state index is -4.70. The summed E-state index contributed by atoms with van der Waals surface area (Å²) in [6.45, 7) is 4.28. The van der Waals surface area contributed by atoms with E-state index < -0.39 is 6.36 Å². The van der Waals surface area contributed by atoms with Gasteiger partial charge in [0.1, 0.15) is 5.75 Å². The van der Waals surface area contributed by atoms with Gasteiger partial charge in [-0.3, -0.25) is 4.98 Å². The number of nitrogens with zero attached hydrogens (tertiary/aromatic N) is 2. The fourth-order valence-electron chi connectivity index (χ4n) is 3.78. The standard InChI is InChI=1S/C24H21F3N2O/c1-3-16-6-5-7-17(4-2)23(16)21-14-18-12-13-29(22(18)15-28-21)19-8-10-20(11-9-19)30-24(25,26)27/h5-15H,3-4H2,1-2H3. The molecule has 2 heterocycles. The molecule has 0 unspecified atom stereocenters. The Hall–Kier alpha value is -3.28. The van der Waals surface area contributed by atoms with Crippen molar-refractivity contribution in [2.75, 3.05) is 0 Å². The van der Waals surface area contributed by atoms with Crippen LogP contribution in [0.1, 0.15) is 25.0 Å². The zero-order valence-corrected chi connectivity index (χ0v) is 16.7. The van der Waals surface area contributed by atoms with Gasteiger partial charge >= 0.3 is 6.36 Å². The summed E-state index contributed by atoms with van der Waals surface area (Å²) in [5.74, 6) is -0.244. The van der Waals surface area contributed by atoms with Crippen molar-refractivity contribution in [3.05, 3.63) is 78.1 Å². The van der Waals surface area contributed by atoms with Crippen molar-refractivity contribution in [3.8, 4) is 22.7 Å². The fourth-order valence-corrected chi connectivity index (χ4v) is 3.78. The average molecular weight is 410 g/mol. The molecule has 0 N–H and O–H groups in total. The molecule has 0 radical (unpaired) electrons. The molecule has 0 saturated carbocycles. The smallest absolute Gasteiger partial charge is 0.406 e. The molecule has 6 heteroatoms. The zero-order valence-electron chi connectivity index (χ0n) is 16.7. The summed E-state index contributed by atoms with van der Waals surface area (Å²) in [4.78, 5) is 4.72. The second-order valence-corrected chi connectivity index (χ2v) is 7.01. The van der Waals surface area contributed by atoms with E-state index in [-0.39, 0.29) is 5.75 Å². The number of aryl methyl sites for hydroxylation is 2. The van der Waals surface area contributed by atoms with Gasteiger partial charge in [-0.05, 0) is 60.4 Å². The number of hydrogen-bond donors (Lipinski definition) is 0. The van der Waals surface area contributed by atoms with E-state index >= 15 is 0 Å². The topological polar surface area (TPSA) is 27.1 Å². The second-order valence-electron chi connectivity index (χ2n) is 7.01. The van der Waals surface area contributed by atoms with Crippen LogP contribution >= 0.6 is 0 Å². The number of benzene rings is 2. The third-order valence-corrected chi connectivity index (χ3v) is 5.18. The molecule has 2 aromatic carbocycles. The molecule has 0 amide bonds. The van der Waals surface area contributed by atoms with Crippen LogP contribution in [0.3, 0.4) is 0 Å². The number of hydrogen-bond acceptors (Lipinski definition) is 2. The molecule has 0 aliphatic heterocycles. The normalized spacial score (nSPS) is 11.8. The van der Waals surface area contributed by atoms with Crippen LogP contribution in [0.2, 0.25) is 0 Å². The lowest BCUT2D eigenvalue weighted by molar-refractivity contribution is -0.274. The Morgan fingerprint density at radius 1 is 0.933 bits per heavy atom. The number of pyridine rings is 1. The molecule has 0 aliphatic carbocycles. The van der Waals surface area contributed by atoms with Gasteiger partial charge in [0.15, 0.2) is 0 Å². The largest absolute Gasteiger partial charge is 0.573 e. The lowest BCUT2D eigenvalue weighted by Gasteiger charge is -2.13. The number of aromatic nitrogens is 2. The van der Waals surface area contributed by atoms with Gasteiger partial charge in [0.25, 0.3) is 0 Å². The van der Waals surface area contributed by atoms with Gasteiger partial charge in [-0.15, -0.1) is 13.2 Å². The molecule has 3 nitrogen and oxygen atoms in total. The SMILES string of the molecule is CCc1cccc(CC)c1-c1cc2ccn(-c3ccc(OC(F)(F)F)cc3)c2cn1. The molecule has 4 rings (SSSR count). The molecular weight excluding hydrogens is 389 g/mol. The van der Waals surface area contributed by atoms with Crippen molar-refractivity contribution < 1.29 is 17.9 Å². The van der Waals surface area contributed by atoms with Gasteiger partial charge in [0.05, 0.1) is 17.4 Å². The highest BCUT2D eigenvalue weighted by Crippen LogP contribution is 2.31. The average Bonchev–Trinajstić information content (AvgIpc) is 3.15. The van der Waals surface area contributed by atoms with E-state index in [1.165, 1.54) is 28.8 Å². The van der Waals surface area contributed by atoms with E-state index in [0.29, 0.717) is 0 Å². The first-order valence-electron chi connectivity index (χ1n) is 9.84. The quantitative estimate of drug-likeness (QED) is 0.365. The van der Waals surface area contributed by atoms with E-state index in [2.05, 4.69) is 42.8 Å². The molecule has 0 bridgehead atoms. The predicted molar refractivity (Wildman–Crippen MR) is 112 cm³/mol. The Morgan fingerprint density at radius 2 is 1.60 bits per heavy atom. The molecular formula is C24H21F3N2O. The maximum absolute atomic E-state index is 12.4. The summed E-state index contributed by atoms with van der Waals surface area (Å²) in [5, 5.41) is 1.02. The van der Waals surface area contributed by atoms with Crippen LogP contribution in [0.5, 0.6) is 5.75 Å². The molecule has 0 fully saturated rings. The van der Waals surface area contributed by atoms with Crippen molar-refractivity contribution in [1.82, 2.24) is 9.55 Å². The molecule has 0 atom stereocenters. The maximum atomic E-state index is 12.4. The minimum absolute atomic E-state index is 0.244. The Morgan fingerprint density at radius 3 is 2.20 bits per heavy atom. The first-order valence-corrected chi connectivity index (χ1v) is 9.84. The zero-order chi connectivity index (χ0) is 21.3. The molecule has 0 spiro atoms. The van der Waals surface area contributed by atoms with Crippen LogP contribution in [-0.4, -0.2) is 15.9 Å². The Balaban J connectivity index is 1.72. The molecule has 4 aromatic rings. The van der Waals surface area contributed by atoms with Crippen LogP contribution in [0.15, 0.2) is 67.0 Å². The van der Waals surface area contributed by atoms with Crippen molar-refractivity contribution >= 4 is 10.9 Å². The van der Waals surface area contributed by atoms with Gasteiger partial charge < -0.3 is 9.30 Å². The summed E-state index contributed by atoms with van der Waals surface area (Å²) in [7, 11) is 0. The van der Waals surface area contributed by atoms with E-state index in [1.807, 2.05) is 23.0 Å². The number of ether oxygens (including phenoxy) is 1. The summed E-state index contributed by atoms with van der Waals surface area (Å²) in [5.41, 5.74) is 6.27. The second kappa shape index (κ2) is 7.86. The van der Waals surface area contributed by atoms with Gasteiger partial charge in [-0.2, -0.15) is 0 Å². The Labute approximate surface area is 172 Å². The molecule has 154 valence electrons. The molecule has 0 aliphatic rings. The number of halogens is 3. The van der Waals surface area contributed by atoms with Crippen LogP contribution in [0.25, 0.3) is 27.8 Å². The van der Waals surface area contributed by atoms with Crippen molar-refractivity contribution in [2.24, 2.45) is 0 Å². The maximum Gasteiger partial charge on any atom is 0.573 e. The minimum Gasteiger partial charge on any atom is -0.406 e. The molecule has 0 saturated heterocycles. The summed E-state index contributed by atoms with van der Waals surface area (Å²) in [6, 6.07) is 16.2. The van der Waals surface area contributed by atoms with Crippen LogP contribution in [-0.2, 0) is 12.8 Å². The van der Waals surface area contributed by atoms with Crippen molar-refractivity contribution in [2.45, 2.75) is 33.1 Å². The van der Waals surface area contributed by atoms with Crippen molar-refractivity contribution in [3.63, 3.8) is 0 Å². The molecule has 30 heavy (non-hydrogen) atoms. The lowest BCUT2D eigenvalue weighted by Crippen LogP contribution is -2.17. The summed E-state index contributed by atoms with van der Waals surface area (Å²) >= 11 is 0. The van der Waals surface area contributed by atoms with Crippen LogP contribution in [0.4, 0.5) is 13.2 Å². The number of rotatable bonds is 5. The van der Waals surface area contributed by atoms with E-state index in [1.54, 1.807) is 12.1 Å². The third kappa shape index (κ3) is 3.90. The van der Waals surface area contributed by atoms with Gasteiger partial charge in [0.2, 0.25) is 0 Å². The first-order chi connectivity index (χ1) is 14.4. The van der Waals surface area contributed by atoms with E-state index in [9.17, 15) is 13.2 Å². The highest BCUT2D eigenvalue weighted by atomic mass is 19.4. The van der Waals surface area contributed by atoms with E-state index in [0.717, 1.165) is 35.1 Å². The summed E-state index contributed by atoms with van der Waals surface area (Å²) in [6.07, 6.45) is 0.861. The van der Waals surface area contributed by atoms with Gasteiger partial charge in [-0.1, -0.05) is 32.0 Å². The highest BCUT2D eigenvalue weighted by molar-refractivity contribution is 5.86. The number of fused-ring (bicyclic) bond motifs is 1. The Bertz CT molecular complexity index is 1160. The van der Waals surface area contributed by atoms with Crippen molar-refractivity contribution in [1.29, 1.82) is 0 Å². The Kier molecular flexibility index (Phi) is 5.24. The monoisotopic (exact) mass is 410 g/mol. The van der Waals surface area contributed by atoms with Crippen LogP contribution in [0, 0.1) is 0 Å². The highest BCUT2D eigenvalue weighted by Gasteiger charge is 2.31. The van der Waals surface area contributed by atoms with E-state index in [4.69, 9.17) is 4.98 Å². The predicted octanol–water partition coefficient (Wildman–Crippen LogP) is 6.72. The van der Waals surface area contributed by atoms with Gasteiger partial charge in [0, 0.05) is 22.8 Å². The first kappa shape index (κ1) is 20.0. The lowest BCUT2D eigenvalue weighted by atomic mass is 9.94.